The number of ether oxygens (including phenoxy) is 1. The number of likely N-dealkylation sites (tertiary alicyclic amines) is 1. The Bertz CT molecular complexity index is 1520. The molecule has 0 radical (unpaired) electrons. The zero-order chi connectivity index (χ0) is 29.9. The maximum absolute atomic E-state index is 14.2. The minimum absolute atomic E-state index is 0.0155. The molecule has 0 unspecified atom stereocenters. The number of hydrogen-bond donors (Lipinski definition) is 1. The largest absolute Gasteiger partial charge is 0.454 e. The molecule has 1 saturated heterocycles. The summed E-state index contributed by atoms with van der Waals surface area (Å²) >= 11 is 9.52. The van der Waals surface area contributed by atoms with Gasteiger partial charge in [0.2, 0.25) is 11.8 Å². The van der Waals surface area contributed by atoms with Crippen molar-refractivity contribution in [3.63, 3.8) is 0 Å². The number of aryl methyl sites for hydroxylation is 1. The molecule has 3 aliphatic carbocycles. The van der Waals surface area contributed by atoms with E-state index in [0.29, 0.717) is 15.2 Å². The smallest absolute Gasteiger partial charge is 0.329 e. The van der Waals surface area contributed by atoms with Crippen molar-refractivity contribution in [3.05, 3.63) is 98.0 Å². The van der Waals surface area contributed by atoms with Gasteiger partial charge in [0, 0.05) is 22.0 Å². The first-order chi connectivity index (χ1) is 20.1. The Morgan fingerprint density at radius 2 is 1.43 bits per heavy atom. The molecule has 42 heavy (non-hydrogen) atoms. The average molecular weight is 650 g/mol. The number of esters is 1. The number of hydrogen-bond acceptors (Lipinski definition) is 5. The highest BCUT2D eigenvalue weighted by Gasteiger charge is 2.63. The predicted octanol–water partition coefficient (Wildman–Crippen LogP) is 6.20. The fourth-order valence-corrected chi connectivity index (χ4v) is 7.58. The summed E-state index contributed by atoms with van der Waals surface area (Å²) in [5.74, 6) is -3.76. The van der Waals surface area contributed by atoms with E-state index < -0.39 is 36.4 Å². The second kappa shape index (κ2) is 11.0. The van der Waals surface area contributed by atoms with Gasteiger partial charge in [-0.05, 0) is 75.1 Å². The van der Waals surface area contributed by atoms with Crippen LogP contribution in [0.5, 0.6) is 0 Å². The highest BCUT2D eigenvalue weighted by molar-refractivity contribution is 9.10. The number of benzene rings is 3. The highest BCUT2D eigenvalue weighted by Crippen LogP contribution is 2.61. The van der Waals surface area contributed by atoms with Crippen LogP contribution in [-0.4, -0.2) is 41.2 Å². The lowest BCUT2D eigenvalue weighted by molar-refractivity contribution is -0.160. The Morgan fingerprint density at radius 1 is 0.929 bits per heavy atom. The van der Waals surface area contributed by atoms with Gasteiger partial charge in [-0.1, -0.05) is 74.0 Å². The maximum atomic E-state index is 14.2. The lowest BCUT2D eigenvalue weighted by atomic mass is 9.55. The van der Waals surface area contributed by atoms with Crippen LogP contribution in [0.3, 0.4) is 0 Å². The molecule has 1 heterocycles. The second-order valence-electron chi connectivity index (χ2n) is 11.7. The third kappa shape index (κ3) is 4.65. The van der Waals surface area contributed by atoms with Crippen LogP contribution in [-0.2, 0) is 23.9 Å². The molecule has 216 valence electrons. The number of imide groups is 1. The molecule has 2 bridgehead atoms. The maximum Gasteiger partial charge on any atom is 0.329 e. The summed E-state index contributed by atoms with van der Waals surface area (Å²) in [5.41, 5.74) is 5.52. The van der Waals surface area contributed by atoms with Crippen molar-refractivity contribution in [2.24, 2.45) is 17.8 Å². The van der Waals surface area contributed by atoms with Crippen LogP contribution in [0.15, 0.2) is 65.1 Å². The van der Waals surface area contributed by atoms with Gasteiger partial charge in [-0.3, -0.25) is 19.3 Å². The van der Waals surface area contributed by atoms with Crippen molar-refractivity contribution in [2.45, 2.75) is 45.1 Å². The lowest BCUT2D eigenvalue weighted by Gasteiger charge is -2.45. The van der Waals surface area contributed by atoms with Gasteiger partial charge >= 0.3 is 5.97 Å². The third-order valence-electron chi connectivity index (χ3n) is 8.65. The summed E-state index contributed by atoms with van der Waals surface area (Å²) in [6, 6.07) is 18.3. The number of carbonyl (C=O) groups excluding carboxylic acids is 4. The van der Waals surface area contributed by atoms with Gasteiger partial charge in [0.25, 0.3) is 5.91 Å². The number of anilines is 1. The molecule has 3 aromatic carbocycles. The SMILES string of the molecule is Cc1cc(Br)c(Cl)cc1NC(=O)COC(=O)[C@H](CC(C)C)N1C(=O)[C@H]2C3c4ccccc4C(c4ccccc43)[C@@H]2C1=O. The normalized spacial score (nSPS) is 22.5. The zero-order valence-electron chi connectivity index (χ0n) is 23.4. The molecule has 3 aromatic rings. The number of rotatable bonds is 7. The van der Waals surface area contributed by atoms with E-state index in [1.54, 1.807) is 12.1 Å². The van der Waals surface area contributed by atoms with Crippen molar-refractivity contribution >= 4 is 56.9 Å². The summed E-state index contributed by atoms with van der Waals surface area (Å²) in [6.07, 6.45) is 0.230. The Balaban J connectivity index is 1.26. The molecular formula is C33H30BrClN2O5. The van der Waals surface area contributed by atoms with Crippen molar-refractivity contribution in [1.29, 1.82) is 0 Å². The Labute approximate surface area is 257 Å². The summed E-state index contributed by atoms with van der Waals surface area (Å²) in [5, 5.41) is 3.14. The first-order valence-corrected chi connectivity index (χ1v) is 15.2. The van der Waals surface area contributed by atoms with E-state index in [-0.39, 0.29) is 36.0 Å². The molecule has 9 heteroatoms. The minimum Gasteiger partial charge on any atom is -0.454 e. The van der Waals surface area contributed by atoms with Crippen LogP contribution < -0.4 is 5.32 Å². The topological polar surface area (TPSA) is 92.8 Å². The monoisotopic (exact) mass is 648 g/mol. The molecule has 1 aliphatic heterocycles. The average Bonchev–Trinajstić information content (AvgIpc) is 3.23. The van der Waals surface area contributed by atoms with E-state index in [0.717, 1.165) is 32.7 Å². The number of nitrogens with zero attached hydrogens (tertiary/aromatic N) is 1. The fourth-order valence-electron chi connectivity index (χ4n) is 6.96. The fraction of sp³-hybridized carbons (Fsp3) is 0.333. The Kier molecular flexibility index (Phi) is 7.48. The number of halogens is 2. The predicted molar refractivity (Wildman–Crippen MR) is 162 cm³/mol. The molecule has 1 fully saturated rings. The number of carbonyl (C=O) groups is 4. The van der Waals surface area contributed by atoms with Gasteiger partial charge < -0.3 is 10.1 Å². The highest BCUT2D eigenvalue weighted by atomic mass is 79.9. The van der Waals surface area contributed by atoms with E-state index >= 15 is 0 Å². The van der Waals surface area contributed by atoms with Gasteiger partial charge in [-0.25, -0.2) is 4.79 Å². The molecule has 3 atom stereocenters. The molecular weight excluding hydrogens is 620 g/mol. The summed E-state index contributed by atoms with van der Waals surface area (Å²) in [4.78, 5) is 55.7. The first kappa shape index (κ1) is 28.6. The van der Waals surface area contributed by atoms with Gasteiger partial charge in [0.1, 0.15) is 6.04 Å². The Hall–Kier alpha value is -3.49. The van der Waals surface area contributed by atoms with Crippen LogP contribution in [0.25, 0.3) is 0 Å². The van der Waals surface area contributed by atoms with E-state index in [4.69, 9.17) is 16.3 Å². The molecule has 0 spiro atoms. The summed E-state index contributed by atoms with van der Waals surface area (Å²) in [7, 11) is 0. The van der Waals surface area contributed by atoms with E-state index in [9.17, 15) is 19.2 Å². The summed E-state index contributed by atoms with van der Waals surface area (Å²) in [6.45, 7) is 5.09. The van der Waals surface area contributed by atoms with Crippen LogP contribution in [0, 0.1) is 24.7 Å². The van der Waals surface area contributed by atoms with Gasteiger partial charge in [0.05, 0.1) is 16.9 Å². The zero-order valence-corrected chi connectivity index (χ0v) is 25.7. The minimum atomic E-state index is -1.13. The molecule has 7 rings (SSSR count). The first-order valence-electron chi connectivity index (χ1n) is 14.0. The molecule has 4 aliphatic rings. The standard InChI is InChI=1S/C33H30BrClN2O5/c1-16(2)12-25(33(41)42-15-26(38)36-24-14-23(35)22(34)13-17(24)3)37-31(39)29-27-18-8-4-5-9-19(18)28(30(29)32(37)40)21-11-7-6-10-20(21)27/h4-11,13-14,16,25,27-30H,12,15H2,1-3H3,(H,36,38)/t25-,27?,28?,29-,30-/m0/s1. The van der Waals surface area contributed by atoms with Crippen LogP contribution in [0.4, 0.5) is 5.69 Å². The molecule has 1 N–H and O–H groups in total. The Morgan fingerprint density at radius 3 is 1.90 bits per heavy atom. The third-order valence-corrected chi connectivity index (χ3v) is 9.84. The van der Waals surface area contributed by atoms with Crippen molar-refractivity contribution in [1.82, 2.24) is 4.90 Å². The quantitative estimate of drug-likeness (QED) is 0.243. The van der Waals surface area contributed by atoms with E-state index in [1.807, 2.05) is 69.3 Å². The van der Waals surface area contributed by atoms with Gasteiger partial charge in [-0.15, -0.1) is 0 Å². The molecule has 0 aromatic heterocycles. The lowest BCUT2D eigenvalue weighted by Crippen LogP contribution is -2.47. The number of amides is 3. The van der Waals surface area contributed by atoms with Crippen LogP contribution in [0.2, 0.25) is 5.02 Å². The van der Waals surface area contributed by atoms with Crippen LogP contribution >= 0.6 is 27.5 Å². The number of nitrogens with one attached hydrogen (secondary N) is 1. The van der Waals surface area contributed by atoms with Crippen molar-refractivity contribution in [2.75, 3.05) is 11.9 Å². The van der Waals surface area contributed by atoms with Crippen molar-refractivity contribution < 1.29 is 23.9 Å². The second-order valence-corrected chi connectivity index (χ2v) is 13.0. The molecule has 3 amide bonds. The van der Waals surface area contributed by atoms with Crippen LogP contribution in [0.1, 0.15) is 59.9 Å². The van der Waals surface area contributed by atoms with E-state index in [2.05, 4.69) is 21.2 Å². The van der Waals surface area contributed by atoms with Crippen molar-refractivity contribution in [3.8, 4) is 0 Å². The van der Waals surface area contributed by atoms with Gasteiger partial charge in [-0.2, -0.15) is 0 Å². The van der Waals surface area contributed by atoms with E-state index in [1.165, 1.54) is 0 Å². The van der Waals surface area contributed by atoms with Gasteiger partial charge in [0.15, 0.2) is 6.61 Å². The molecule has 0 saturated carbocycles. The molecule has 7 nitrogen and oxygen atoms in total. The summed E-state index contributed by atoms with van der Waals surface area (Å²) < 4.78 is 6.15.